The Bertz CT molecular complexity index is 400. The minimum Gasteiger partial charge on any atom is -0.315 e. The van der Waals surface area contributed by atoms with Gasteiger partial charge in [0.2, 0.25) is 0 Å². The maximum atomic E-state index is 13.4. The van der Waals surface area contributed by atoms with Gasteiger partial charge in [-0.25, -0.2) is 4.39 Å². The maximum Gasteiger partial charge on any atom is 0.123 e. The van der Waals surface area contributed by atoms with Crippen molar-refractivity contribution in [3.8, 4) is 0 Å². The molecule has 19 heavy (non-hydrogen) atoms. The predicted molar refractivity (Wildman–Crippen MR) is 77.7 cm³/mol. The number of halogens is 1. The van der Waals surface area contributed by atoms with Crippen molar-refractivity contribution in [3.63, 3.8) is 0 Å². The molecule has 1 fully saturated rings. The fraction of sp³-hybridized carbons (Fsp3) is 0.625. The summed E-state index contributed by atoms with van der Waals surface area (Å²) in [6, 6.07) is 5.71. The molecule has 0 bridgehead atoms. The van der Waals surface area contributed by atoms with Crippen LogP contribution in [0.4, 0.5) is 4.39 Å². The van der Waals surface area contributed by atoms with Crippen molar-refractivity contribution in [1.29, 1.82) is 0 Å². The Morgan fingerprint density at radius 3 is 2.95 bits per heavy atom. The zero-order valence-electron chi connectivity index (χ0n) is 12.1. The second-order valence-electron chi connectivity index (χ2n) is 5.54. The fourth-order valence-corrected chi connectivity index (χ4v) is 2.85. The molecule has 2 nitrogen and oxygen atoms in total. The quantitative estimate of drug-likeness (QED) is 0.879. The van der Waals surface area contributed by atoms with Gasteiger partial charge in [-0.1, -0.05) is 13.0 Å². The van der Waals surface area contributed by atoms with Gasteiger partial charge in [0.15, 0.2) is 0 Å². The molecular formula is C16H25FN2. The van der Waals surface area contributed by atoms with E-state index in [1.54, 1.807) is 12.1 Å². The van der Waals surface area contributed by atoms with Gasteiger partial charge < -0.3 is 5.32 Å². The maximum absolute atomic E-state index is 13.4. The highest BCUT2D eigenvalue weighted by Crippen LogP contribution is 2.18. The van der Waals surface area contributed by atoms with Gasteiger partial charge in [-0.05, 0) is 62.5 Å². The third kappa shape index (κ3) is 4.02. The normalized spacial score (nSPS) is 19.9. The van der Waals surface area contributed by atoms with Gasteiger partial charge in [0, 0.05) is 19.1 Å². The molecule has 1 saturated heterocycles. The minimum absolute atomic E-state index is 0.126. The summed E-state index contributed by atoms with van der Waals surface area (Å²) in [7, 11) is 0. The lowest BCUT2D eigenvalue weighted by molar-refractivity contribution is 0.157. The molecule has 1 aromatic carbocycles. The summed E-state index contributed by atoms with van der Waals surface area (Å²) in [5, 5.41) is 3.47. The molecule has 1 unspecified atom stereocenters. The summed E-state index contributed by atoms with van der Waals surface area (Å²) in [5.41, 5.74) is 2.31. The lowest BCUT2D eigenvalue weighted by Crippen LogP contribution is -2.46. The van der Waals surface area contributed by atoms with E-state index in [-0.39, 0.29) is 5.82 Å². The zero-order chi connectivity index (χ0) is 13.7. The molecule has 1 aliphatic rings. The second kappa shape index (κ2) is 7.01. The molecule has 0 saturated carbocycles. The predicted octanol–water partition coefficient (Wildman–Crippen LogP) is 3.10. The first kappa shape index (κ1) is 14.5. The van der Waals surface area contributed by atoms with Gasteiger partial charge in [-0.2, -0.15) is 0 Å². The largest absolute Gasteiger partial charge is 0.315 e. The summed E-state index contributed by atoms with van der Waals surface area (Å²) in [4.78, 5) is 2.51. The summed E-state index contributed by atoms with van der Waals surface area (Å²) >= 11 is 0. The summed E-state index contributed by atoms with van der Waals surface area (Å²) < 4.78 is 13.4. The van der Waals surface area contributed by atoms with Crippen LogP contribution in [0, 0.1) is 12.7 Å². The van der Waals surface area contributed by atoms with Crippen LogP contribution in [0.25, 0.3) is 0 Å². The number of benzene rings is 1. The van der Waals surface area contributed by atoms with E-state index in [9.17, 15) is 4.39 Å². The molecule has 1 atom stereocenters. The molecule has 1 aliphatic heterocycles. The number of rotatable bonds is 5. The fourth-order valence-electron chi connectivity index (χ4n) is 2.85. The first-order valence-corrected chi connectivity index (χ1v) is 7.40. The van der Waals surface area contributed by atoms with Crippen LogP contribution in [0.1, 0.15) is 37.3 Å². The van der Waals surface area contributed by atoms with Gasteiger partial charge in [0.25, 0.3) is 0 Å². The van der Waals surface area contributed by atoms with E-state index in [0.717, 1.165) is 38.2 Å². The van der Waals surface area contributed by atoms with Crippen LogP contribution < -0.4 is 5.32 Å². The number of piperidine rings is 1. The SMILES string of the molecule is CCCN(Cc1cc(F)ccc1C)C1CCCNC1. The van der Waals surface area contributed by atoms with Gasteiger partial charge in [-0.15, -0.1) is 0 Å². The molecule has 0 aromatic heterocycles. The molecule has 3 heteroatoms. The Hall–Kier alpha value is -0.930. The monoisotopic (exact) mass is 264 g/mol. The van der Waals surface area contributed by atoms with E-state index >= 15 is 0 Å². The molecule has 0 amide bonds. The van der Waals surface area contributed by atoms with E-state index in [1.165, 1.54) is 18.4 Å². The lowest BCUT2D eigenvalue weighted by atomic mass is 10.0. The van der Waals surface area contributed by atoms with E-state index in [4.69, 9.17) is 0 Å². The topological polar surface area (TPSA) is 15.3 Å². The molecule has 1 aromatic rings. The van der Waals surface area contributed by atoms with Gasteiger partial charge >= 0.3 is 0 Å². The van der Waals surface area contributed by atoms with E-state index in [2.05, 4.69) is 24.1 Å². The number of hydrogen-bond acceptors (Lipinski definition) is 2. The summed E-state index contributed by atoms with van der Waals surface area (Å²) in [5.74, 6) is -0.126. The third-order valence-electron chi connectivity index (χ3n) is 3.98. The van der Waals surface area contributed by atoms with Crippen LogP contribution in [-0.4, -0.2) is 30.6 Å². The lowest BCUT2D eigenvalue weighted by Gasteiger charge is -2.35. The van der Waals surface area contributed by atoms with Gasteiger partial charge in [0.1, 0.15) is 5.82 Å². The molecule has 1 heterocycles. The Morgan fingerprint density at radius 2 is 2.26 bits per heavy atom. The molecule has 0 spiro atoms. The van der Waals surface area contributed by atoms with E-state index < -0.39 is 0 Å². The van der Waals surface area contributed by atoms with Crippen molar-refractivity contribution >= 4 is 0 Å². The molecule has 0 aliphatic carbocycles. The summed E-state index contributed by atoms with van der Waals surface area (Å²) in [6.07, 6.45) is 3.64. The Kier molecular flexibility index (Phi) is 5.34. The molecule has 1 N–H and O–H groups in total. The minimum atomic E-state index is -0.126. The zero-order valence-corrected chi connectivity index (χ0v) is 12.1. The highest BCUT2D eigenvalue weighted by atomic mass is 19.1. The molecule has 0 radical (unpaired) electrons. The number of hydrogen-bond donors (Lipinski definition) is 1. The average molecular weight is 264 g/mol. The standard InChI is InChI=1S/C16H25FN2/c1-3-9-19(16-5-4-8-18-11-16)12-14-10-15(17)7-6-13(14)2/h6-7,10,16,18H,3-5,8-9,11-12H2,1-2H3. The van der Waals surface area contributed by atoms with Crippen molar-refractivity contribution in [2.45, 2.75) is 45.7 Å². The van der Waals surface area contributed by atoms with Crippen LogP contribution in [0.3, 0.4) is 0 Å². The number of aryl methyl sites for hydroxylation is 1. The van der Waals surface area contributed by atoms with Crippen LogP contribution in [0.5, 0.6) is 0 Å². The first-order valence-electron chi connectivity index (χ1n) is 7.40. The van der Waals surface area contributed by atoms with Crippen LogP contribution in [0.15, 0.2) is 18.2 Å². The second-order valence-corrected chi connectivity index (χ2v) is 5.54. The third-order valence-corrected chi connectivity index (χ3v) is 3.98. The smallest absolute Gasteiger partial charge is 0.123 e. The van der Waals surface area contributed by atoms with Crippen molar-refractivity contribution in [2.75, 3.05) is 19.6 Å². The number of nitrogens with one attached hydrogen (secondary N) is 1. The van der Waals surface area contributed by atoms with Crippen molar-refractivity contribution in [2.24, 2.45) is 0 Å². The summed E-state index contributed by atoms with van der Waals surface area (Å²) in [6.45, 7) is 8.43. The van der Waals surface area contributed by atoms with Crippen LogP contribution in [0.2, 0.25) is 0 Å². The van der Waals surface area contributed by atoms with Crippen LogP contribution >= 0.6 is 0 Å². The van der Waals surface area contributed by atoms with Crippen molar-refractivity contribution in [1.82, 2.24) is 10.2 Å². The van der Waals surface area contributed by atoms with Crippen LogP contribution in [-0.2, 0) is 6.54 Å². The number of nitrogens with zero attached hydrogens (tertiary/aromatic N) is 1. The molecular weight excluding hydrogens is 239 g/mol. The molecule has 106 valence electrons. The Balaban J connectivity index is 2.08. The Labute approximate surface area is 116 Å². The molecule has 2 rings (SSSR count). The van der Waals surface area contributed by atoms with Gasteiger partial charge in [0.05, 0.1) is 0 Å². The van der Waals surface area contributed by atoms with E-state index in [1.807, 2.05) is 6.07 Å². The average Bonchev–Trinajstić information content (AvgIpc) is 2.43. The van der Waals surface area contributed by atoms with Gasteiger partial charge in [-0.3, -0.25) is 4.90 Å². The van der Waals surface area contributed by atoms with Crippen molar-refractivity contribution < 1.29 is 4.39 Å². The highest BCUT2D eigenvalue weighted by Gasteiger charge is 2.20. The van der Waals surface area contributed by atoms with E-state index in [0.29, 0.717) is 6.04 Å². The van der Waals surface area contributed by atoms with Crippen molar-refractivity contribution in [3.05, 3.63) is 35.1 Å². The Morgan fingerprint density at radius 1 is 1.42 bits per heavy atom. The first-order chi connectivity index (χ1) is 9.20. The highest BCUT2D eigenvalue weighted by molar-refractivity contribution is 5.26.